The first-order valence-electron chi connectivity index (χ1n) is 10.2. The second-order valence-electron chi connectivity index (χ2n) is 7.56. The van der Waals surface area contributed by atoms with Gasteiger partial charge in [-0.15, -0.1) is 0 Å². The highest BCUT2D eigenvalue weighted by Gasteiger charge is 2.29. The topological polar surface area (TPSA) is 70.9 Å². The molecule has 1 aromatic carbocycles. The number of carbonyl (C=O) groups excluding carboxylic acids is 2. The molecule has 4 rings (SSSR count). The fourth-order valence-electron chi connectivity index (χ4n) is 3.85. The summed E-state index contributed by atoms with van der Waals surface area (Å²) in [6.45, 7) is 7.12. The summed E-state index contributed by atoms with van der Waals surface area (Å²) in [6, 6.07) is 9.53. The molecule has 0 saturated carbocycles. The van der Waals surface area contributed by atoms with Crippen molar-refractivity contribution in [1.82, 2.24) is 24.5 Å². The zero-order valence-corrected chi connectivity index (χ0v) is 17.8. The Morgan fingerprint density at radius 2 is 1.67 bits per heavy atom. The van der Waals surface area contributed by atoms with E-state index in [1.54, 1.807) is 16.5 Å². The van der Waals surface area contributed by atoms with E-state index in [-0.39, 0.29) is 11.8 Å². The van der Waals surface area contributed by atoms with Gasteiger partial charge in [0.1, 0.15) is 5.15 Å². The second-order valence-corrected chi connectivity index (χ2v) is 7.92. The Hall–Kier alpha value is -2.42. The third kappa shape index (κ3) is 4.35. The molecule has 0 aliphatic carbocycles. The first-order valence-corrected chi connectivity index (χ1v) is 10.6. The van der Waals surface area contributed by atoms with Gasteiger partial charge in [-0.2, -0.15) is 5.10 Å². The number of morpholine rings is 1. The zero-order chi connectivity index (χ0) is 21.1. The minimum atomic E-state index is -0.112. The maximum atomic E-state index is 13.1. The molecule has 2 aliphatic rings. The number of para-hydroxylation sites is 1. The standard InChI is InChI=1S/C21H26ClN5O3/c1-16-19(20(22)27(23-16)17-5-3-2-4-6-17)21(29)26-9-7-24(8-10-26)15-18(28)25-11-13-30-14-12-25/h2-6H,7-15H2,1H3. The fourth-order valence-corrected chi connectivity index (χ4v) is 4.21. The zero-order valence-electron chi connectivity index (χ0n) is 17.1. The van der Waals surface area contributed by atoms with Crippen LogP contribution in [0.2, 0.25) is 5.15 Å². The van der Waals surface area contributed by atoms with Crippen LogP contribution in [0, 0.1) is 6.92 Å². The summed E-state index contributed by atoms with van der Waals surface area (Å²) >= 11 is 6.54. The van der Waals surface area contributed by atoms with E-state index < -0.39 is 0 Å². The lowest BCUT2D eigenvalue weighted by Gasteiger charge is -2.36. The van der Waals surface area contributed by atoms with Gasteiger partial charge in [0.2, 0.25) is 5.91 Å². The van der Waals surface area contributed by atoms with E-state index in [1.165, 1.54) is 0 Å². The Morgan fingerprint density at radius 3 is 2.33 bits per heavy atom. The first kappa shape index (κ1) is 20.8. The quantitative estimate of drug-likeness (QED) is 0.732. The molecule has 2 fully saturated rings. The van der Waals surface area contributed by atoms with Gasteiger partial charge in [0.05, 0.1) is 36.7 Å². The molecule has 9 heteroatoms. The molecule has 160 valence electrons. The number of halogens is 1. The van der Waals surface area contributed by atoms with Gasteiger partial charge < -0.3 is 14.5 Å². The number of aromatic nitrogens is 2. The Morgan fingerprint density at radius 1 is 1.00 bits per heavy atom. The van der Waals surface area contributed by atoms with Crippen LogP contribution in [0.1, 0.15) is 16.1 Å². The number of ether oxygens (including phenoxy) is 1. The summed E-state index contributed by atoms with van der Waals surface area (Å²) in [4.78, 5) is 31.3. The van der Waals surface area contributed by atoms with Crippen molar-refractivity contribution in [3.05, 3.63) is 46.7 Å². The van der Waals surface area contributed by atoms with Crippen molar-refractivity contribution in [2.24, 2.45) is 0 Å². The highest BCUT2D eigenvalue weighted by atomic mass is 35.5. The SMILES string of the molecule is Cc1nn(-c2ccccc2)c(Cl)c1C(=O)N1CCN(CC(=O)N2CCOCC2)CC1. The van der Waals surface area contributed by atoms with Crippen molar-refractivity contribution in [3.8, 4) is 5.69 Å². The van der Waals surface area contributed by atoms with Crippen LogP contribution in [0.15, 0.2) is 30.3 Å². The smallest absolute Gasteiger partial charge is 0.258 e. The maximum absolute atomic E-state index is 13.1. The molecule has 8 nitrogen and oxygen atoms in total. The minimum absolute atomic E-state index is 0.112. The average Bonchev–Trinajstić information content (AvgIpc) is 3.09. The summed E-state index contributed by atoms with van der Waals surface area (Å²) < 4.78 is 6.90. The third-order valence-corrected chi connectivity index (χ3v) is 5.95. The maximum Gasteiger partial charge on any atom is 0.258 e. The van der Waals surface area contributed by atoms with Gasteiger partial charge in [0.25, 0.3) is 5.91 Å². The van der Waals surface area contributed by atoms with Crippen LogP contribution in [0.25, 0.3) is 5.69 Å². The number of aryl methyl sites for hydroxylation is 1. The molecule has 0 radical (unpaired) electrons. The molecule has 0 N–H and O–H groups in total. The number of amides is 2. The van der Waals surface area contributed by atoms with Crippen LogP contribution >= 0.6 is 11.6 Å². The van der Waals surface area contributed by atoms with Gasteiger partial charge in [-0.05, 0) is 19.1 Å². The van der Waals surface area contributed by atoms with Gasteiger partial charge in [0.15, 0.2) is 0 Å². The Labute approximate surface area is 180 Å². The number of carbonyl (C=O) groups is 2. The van der Waals surface area contributed by atoms with E-state index in [2.05, 4.69) is 10.00 Å². The lowest BCUT2D eigenvalue weighted by Crippen LogP contribution is -2.52. The van der Waals surface area contributed by atoms with Crippen LogP contribution in [-0.2, 0) is 9.53 Å². The van der Waals surface area contributed by atoms with Crippen LogP contribution < -0.4 is 0 Å². The highest BCUT2D eigenvalue weighted by molar-refractivity contribution is 6.33. The van der Waals surface area contributed by atoms with E-state index in [9.17, 15) is 9.59 Å². The predicted octanol–water partition coefficient (Wildman–Crippen LogP) is 1.45. The predicted molar refractivity (Wildman–Crippen MR) is 113 cm³/mol. The van der Waals surface area contributed by atoms with Gasteiger partial charge in [0, 0.05) is 39.3 Å². The average molecular weight is 432 g/mol. The Kier molecular flexibility index (Phi) is 6.36. The van der Waals surface area contributed by atoms with E-state index in [0.717, 1.165) is 5.69 Å². The summed E-state index contributed by atoms with van der Waals surface area (Å²) in [5.41, 5.74) is 1.87. The van der Waals surface area contributed by atoms with Gasteiger partial charge >= 0.3 is 0 Å². The van der Waals surface area contributed by atoms with Crippen molar-refractivity contribution < 1.29 is 14.3 Å². The van der Waals surface area contributed by atoms with Crippen molar-refractivity contribution in [2.75, 3.05) is 59.0 Å². The number of piperazine rings is 1. The molecule has 1 aromatic heterocycles. The number of nitrogens with zero attached hydrogens (tertiary/aromatic N) is 5. The normalized spacial score (nSPS) is 17.9. The van der Waals surface area contributed by atoms with Crippen molar-refractivity contribution in [2.45, 2.75) is 6.92 Å². The number of benzene rings is 1. The van der Waals surface area contributed by atoms with Gasteiger partial charge in [-0.1, -0.05) is 29.8 Å². The largest absolute Gasteiger partial charge is 0.378 e. The van der Waals surface area contributed by atoms with Crippen LogP contribution in [0.5, 0.6) is 0 Å². The monoisotopic (exact) mass is 431 g/mol. The van der Waals surface area contributed by atoms with E-state index in [4.69, 9.17) is 16.3 Å². The molecule has 0 atom stereocenters. The van der Waals surface area contributed by atoms with Crippen molar-refractivity contribution in [3.63, 3.8) is 0 Å². The Bertz CT molecular complexity index is 903. The highest BCUT2D eigenvalue weighted by Crippen LogP contribution is 2.25. The molecular weight excluding hydrogens is 406 g/mol. The van der Waals surface area contributed by atoms with Crippen LogP contribution in [-0.4, -0.2) is 95.3 Å². The molecule has 2 aromatic rings. The second kappa shape index (κ2) is 9.16. The Balaban J connectivity index is 1.38. The lowest BCUT2D eigenvalue weighted by molar-refractivity contribution is -0.136. The number of hydrogen-bond donors (Lipinski definition) is 0. The number of hydrogen-bond acceptors (Lipinski definition) is 5. The summed E-state index contributed by atoms with van der Waals surface area (Å²) in [5.74, 6) is 0.0138. The van der Waals surface area contributed by atoms with Crippen LogP contribution in [0.4, 0.5) is 0 Å². The lowest BCUT2D eigenvalue weighted by atomic mass is 10.2. The van der Waals surface area contributed by atoms with Crippen molar-refractivity contribution >= 4 is 23.4 Å². The third-order valence-electron chi connectivity index (χ3n) is 5.60. The van der Waals surface area contributed by atoms with Gasteiger partial charge in [-0.25, -0.2) is 4.68 Å². The van der Waals surface area contributed by atoms with Crippen molar-refractivity contribution in [1.29, 1.82) is 0 Å². The molecule has 30 heavy (non-hydrogen) atoms. The van der Waals surface area contributed by atoms with E-state index >= 15 is 0 Å². The fraction of sp³-hybridized carbons (Fsp3) is 0.476. The summed E-state index contributed by atoms with van der Waals surface area (Å²) in [6.07, 6.45) is 0. The molecule has 0 unspecified atom stereocenters. The minimum Gasteiger partial charge on any atom is -0.378 e. The summed E-state index contributed by atoms with van der Waals surface area (Å²) in [5, 5.41) is 4.80. The molecule has 2 aliphatic heterocycles. The van der Waals surface area contributed by atoms with E-state index in [1.807, 2.05) is 35.2 Å². The van der Waals surface area contributed by atoms with E-state index in [0.29, 0.717) is 75.4 Å². The molecule has 0 spiro atoms. The molecule has 0 bridgehead atoms. The number of rotatable bonds is 4. The van der Waals surface area contributed by atoms with Crippen LogP contribution in [0.3, 0.4) is 0 Å². The molecule has 3 heterocycles. The van der Waals surface area contributed by atoms with Gasteiger partial charge in [-0.3, -0.25) is 14.5 Å². The first-order chi connectivity index (χ1) is 14.5. The summed E-state index contributed by atoms with van der Waals surface area (Å²) in [7, 11) is 0. The molecule has 2 amide bonds. The molecular formula is C21H26ClN5O3. The molecule has 2 saturated heterocycles.